The van der Waals surface area contributed by atoms with E-state index < -0.39 is 6.17 Å². The molecule has 0 spiro atoms. The number of hydrogen-bond acceptors (Lipinski definition) is 9. The van der Waals surface area contributed by atoms with Gasteiger partial charge in [0.1, 0.15) is 31.4 Å². The molecule has 1 aliphatic carbocycles. The van der Waals surface area contributed by atoms with Crippen LogP contribution < -0.4 is 15.4 Å². The monoisotopic (exact) mass is 576 g/mol. The lowest BCUT2D eigenvalue weighted by molar-refractivity contribution is -0.0201. The fourth-order valence-corrected chi connectivity index (χ4v) is 8.25. The van der Waals surface area contributed by atoms with Gasteiger partial charge in [0.05, 0.1) is 36.1 Å². The Morgan fingerprint density at radius 1 is 1.26 bits per heavy atom. The number of nitrogens with two attached hydrogens (primary N) is 1. The molecule has 10 heteroatoms. The van der Waals surface area contributed by atoms with E-state index in [2.05, 4.69) is 28.9 Å². The highest BCUT2D eigenvalue weighted by molar-refractivity contribution is 5.62. The summed E-state index contributed by atoms with van der Waals surface area (Å²) in [5.41, 5.74) is 11.2. The number of alkyl halides is 1. The van der Waals surface area contributed by atoms with E-state index in [1.54, 1.807) is 0 Å². The van der Waals surface area contributed by atoms with Gasteiger partial charge in [0, 0.05) is 36.3 Å². The first-order chi connectivity index (χ1) is 20.5. The molecule has 0 bridgehead atoms. The molecule has 1 aromatic heterocycles. The maximum Gasteiger partial charge on any atom is 0.318 e. The molecule has 0 radical (unpaired) electrons. The summed E-state index contributed by atoms with van der Waals surface area (Å²) in [6.45, 7) is 6.36. The highest BCUT2D eigenvalue weighted by atomic mass is 19.1. The van der Waals surface area contributed by atoms with Crippen LogP contribution >= 0.6 is 0 Å². The van der Waals surface area contributed by atoms with Gasteiger partial charge in [-0.15, -0.1) is 0 Å². The molecular weight excluding hydrogens is 535 g/mol. The number of anilines is 2. The molecule has 3 fully saturated rings. The van der Waals surface area contributed by atoms with E-state index in [1.807, 2.05) is 6.07 Å². The number of rotatable bonds is 5. The SMILES string of the molecule is CC[C@H]1CC2CCc3nc(OC[C@@]45CCCN4C[C@H](F)C5)nc(N4CCCOC4)c3CO[C@H]2c2c1ccc(N)c2C#N. The van der Waals surface area contributed by atoms with Crippen LogP contribution in [0.5, 0.6) is 6.01 Å². The Morgan fingerprint density at radius 3 is 2.98 bits per heavy atom. The second-order valence-electron chi connectivity index (χ2n) is 12.8. The first kappa shape index (κ1) is 27.8. The Morgan fingerprint density at radius 2 is 2.17 bits per heavy atom. The fraction of sp³-hybridized carbons (Fsp3) is 0.656. The second kappa shape index (κ2) is 11.3. The first-order valence-electron chi connectivity index (χ1n) is 15.7. The Kier molecular flexibility index (Phi) is 7.45. The number of benzene rings is 1. The summed E-state index contributed by atoms with van der Waals surface area (Å²) >= 11 is 0. The van der Waals surface area contributed by atoms with Crippen LogP contribution in [0.2, 0.25) is 0 Å². The highest BCUT2D eigenvalue weighted by Crippen LogP contribution is 2.50. The highest BCUT2D eigenvalue weighted by Gasteiger charge is 2.49. The van der Waals surface area contributed by atoms with Crippen molar-refractivity contribution in [1.82, 2.24) is 14.9 Å². The van der Waals surface area contributed by atoms with Crippen molar-refractivity contribution < 1.29 is 18.6 Å². The summed E-state index contributed by atoms with van der Waals surface area (Å²) in [6, 6.07) is 6.70. The number of fused-ring (bicyclic) bond motifs is 5. The average molecular weight is 577 g/mol. The lowest BCUT2D eigenvalue weighted by atomic mass is 9.70. The average Bonchev–Trinajstić information content (AvgIpc) is 3.52. The molecule has 5 heterocycles. The molecule has 5 aliphatic rings. The summed E-state index contributed by atoms with van der Waals surface area (Å²) in [5.74, 6) is 1.40. The van der Waals surface area contributed by atoms with E-state index in [4.69, 9.17) is 29.9 Å². The van der Waals surface area contributed by atoms with Gasteiger partial charge in [-0.2, -0.15) is 15.2 Å². The lowest BCUT2D eigenvalue weighted by Gasteiger charge is -2.40. The first-order valence-corrected chi connectivity index (χ1v) is 15.7. The van der Waals surface area contributed by atoms with E-state index in [9.17, 15) is 9.65 Å². The normalized spacial score (nSPS) is 30.8. The van der Waals surface area contributed by atoms with Crippen LogP contribution in [-0.4, -0.2) is 66.2 Å². The minimum absolute atomic E-state index is 0.209. The van der Waals surface area contributed by atoms with Crippen LogP contribution in [0, 0.1) is 17.2 Å². The van der Waals surface area contributed by atoms with Crippen LogP contribution in [0.1, 0.15) is 91.8 Å². The topological polar surface area (TPSA) is 110 Å². The molecule has 5 atom stereocenters. The Labute approximate surface area is 247 Å². The van der Waals surface area contributed by atoms with Crippen molar-refractivity contribution in [3.8, 4) is 12.1 Å². The Bertz CT molecular complexity index is 1380. The van der Waals surface area contributed by atoms with Gasteiger partial charge < -0.3 is 24.8 Å². The zero-order valence-corrected chi connectivity index (χ0v) is 24.5. The largest absolute Gasteiger partial charge is 0.461 e. The van der Waals surface area contributed by atoms with Crippen molar-refractivity contribution in [2.75, 3.05) is 50.2 Å². The van der Waals surface area contributed by atoms with Crippen molar-refractivity contribution in [2.24, 2.45) is 5.92 Å². The zero-order valence-electron chi connectivity index (χ0n) is 24.5. The van der Waals surface area contributed by atoms with Gasteiger partial charge in [0.25, 0.3) is 0 Å². The maximum absolute atomic E-state index is 14.4. The predicted octanol–water partition coefficient (Wildman–Crippen LogP) is 4.79. The number of aromatic nitrogens is 2. The maximum atomic E-state index is 14.4. The van der Waals surface area contributed by atoms with Crippen LogP contribution in [-0.2, 0) is 22.5 Å². The molecular formula is C32H41FN6O3. The number of nitriles is 1. The summed E-state index contributed by atoms with van der Waals surface area (Å²) < 4.78 is 33.3. The molecule has 4 aliphatic heterocycles. The number of halogens is 1. The fourth-order valence-electron chi connectivity index (χ4n) is 8.25. The van der Waals surface area contributed by atoms with Gasteiger partial charge in [-0.05, 0) is 75.0 Å². The number of nitrogen functional groups attached to an aromatic ring is 1. The third kappa shape index (κ3) is 4.80. The summed E-state index contributed by atoms with van der Waals surface area (Å²) in [6.07, 6.45) is 6.06. The van der Waals surface area contributed by atoms with Gasteiger partial charge >= 0.3 is 6.01 Å². The molecule has 0 amide bonds. The van der Waals surface area contributed by atoms with E-state index in [0.29, 0.717) is 56.1 Å². The lowest BCUT2D eigenvalue weighted by Crippen LogP contribution is -2.43. The minimum atomic E-state index is -0.804. The third-order valence-corrected chi connectivity index (χ3v) is 10.4. The molecule has 1 unspecified atom stereocenters. The number of hydrogen-bond donors (Lipinski definition) is 1. The van der Waals surface area contributed by atoms with Crippen LogP contribution in [0.15, 0.2) is 12.1 Å². The molecule has 42 heavy (non-hydrogen) atoms. The molecule has 3 saturated heterocycles. The van der Waals surface area contributed by atoms with Crippen LogP contribution in [0.4, 0.5) is 15.9 Å². The molecule has 9 nitrogen and oxygen atoms in total. The Balaban J connectivity index is 1.22. The smallest absolute Gasteiger partial charge is 0.318 e. The van der Waals surface area contributed by atoms with E-state index in [1.165, 1.54) is 5.56 Å². The van der Waals surface area contributed by atoms with Gasteiger partial charge in [-0.25, -0.2) is 4.39 Å². The van der Waals surface area contributed by atoms with Gasteiger partial charge in [0.15, 0.2) is 0 Å². The summed E-state index contributed by atoms with van der Waals surface area (Å²) in [4.78, 5) is 14.3. The van der Waals surface area contributed by atoms with Crippen molar-refractivity contribution in [3.05, 3.63) is 40.1 Å². The third-order valence-electron chi connectivity index (χ3n) is 10.4. The van der Waals surface area contributed by atoms with E-state index >= 15 is 0 Å². The zero-order chi connectivity index (χ0) is 28.8. The molecule has 7 rings (SSSR count). The molecule has 224 valence electrons. The second-order valence-corrected chi connectivity index (χ2v) is 12.8. The van der Waals surface area contributed by atoms with E-state index in [0.717, 1.165) is 87.3 Å². The molecule has 1 aromatic carbocycles. The molecule has 2 aromatic rings. The quantitative estimate of drug-likeness (QED) is 0.503. The number of ether oxygens (including phenoxy) is 3. The van der Waals surface area contributed by atoms with Gasteiger partial charge in [-0.3, -0.25) is 4.90 Å². The van der Waals surface area contributed by atoms with Crippen LogP contribution in [0.3, 0.4) is 0 Å². The van der Waals surface area contributed by atoms with Crippen molar-refractivity contribution in [2.45, 2.75) is 88.6 Å². The summed E-state index contributed by atoms with van der Waals surface area (Å²) in [7, 11) is 0. The molecule has 2 N–H and O–H groups in total. The number of aryl methyl sites for hydroxylation is 1. The standard InChI is InChI=1S/C32H41FN6O3/c1-2-20-13-21-5-8-27-25(17-41-29(21)28-23(20)6-7-26(35)24(28)15-34)30(38-10-4-12-40-19-38)37-31(36-27)42-18-32-9-3-11-39(32)16-22(33)14-32/h6-7,20-22,29H,2-5,8-14,16-19,35H2,1H3/t20-,21?,22+,29+,32-/m0/s1. The van der Waals surface area contributed by atoms with E-state index in [-0.39, 0.29) is 17.6 Å². The molecule has 0 saturated carbocycles. The Hall–Kier alpha value is -3.00. The predicted molar refractivity (Wildman–Crippen MR) is 156 cm³/mol. The van der Waals surface area contributed by atoms with Gasteiger partial charge in [0.2, 0.25) is 0 Å². The van der Waals surface area contributed by atoms with Crippen molar-refractivity contribution >= 4 is 11.5 Å². The number of nitrogens with zero attached hydrogens (tertiary/aromatic N) is 5. The van der Waals surface area contributed by atoms with Gasteiger partial charge in [-0.1, -0.05) is 13.0 Å². The van der Waals surface area contributed by atoms with Crippen LogP contribution in [0.25, 0.3) is 0 Å². The summed E-state index contributed by atoms with van der Waals surface area (Å²) in [5, 5.41) is 10.1. The van der Waals surface area contributed by atoms with Crippen molar-refractivity contribution in [1.29, 1.82) is 5.26 Å². The van der Waals surface area contributed by atoms with Crippen molar-refractivity contribution in [3.63, 3.8) is 0 Å². The minimum Gasteiger partial charge on any atom is -0.461 e.